The average Bonchev–Trinajstić information content (AvgIpc) is 3.61. The van der Waals surface area contributed by atoms with E-state index >= 15 is 0 Å². The Labute approximate surface area is 264 Å². The van der Waals surface area contributed by atoms with Crippen LogP contribution in [-0.4, -0.2) is 58.4 Å². The Bertz CT molecular complexity index is 1750. The van der Waals surface area contributed by atoms with Gasteiger partial charge >= 0.3 is 6.36 Å². The van der Waals surface area contributed by atoms with Crippen LogP contribution in [0.3, 0.4) is 0 Å². The third-order valence-electron chi connectivity index (χ3n) is 7.32. The Morgan fingerprint density at radius 2 is 1.98 bits per heavy atom. The average molecular weight is 639 g/mol. The summed E-state index contributed by atoms with van der Waals surface area (Å²) in [6.45, 7) is 7.44. The maximum Gasteiger partial charge on any atom is 0.573 e. The van der Waals surface area contributed by atoms with Crippen LogP contribution in [0.2, 0.25) is 1.41 Å². The second-order valence-corrected chi connectivity index (χ2v) is 11.1. The van der Waals surface area contributed by atoms with Gasteiger partial charge in [0.25, 0.3) is 0 Å². The van der Waals surface area contributed by atoms with Crippen molar-refractivity contribution in [2.24, 2.45) is 17.6 Å². The molecule has 1 aliphatic heterocycles. The number of aromatic nitrogens is 2. The number of benzene rings is 2. The standard InChI is InChI=1S/C31H33F3N8O2S/c1-3-42-16-20(4-8-25-14-21-13-19(28(35)36)5-11-26(21)43-25)22(17-42)15-37-27-12-18(2)38-29(40-27)41-30(45)39-23-6-9-24(10-7-23)44-31(32,33)34/h4-14,20,22H,3,15-17H2,1-2H3,(H3,35,36)(H3,37,38,39,40,41,45). The first-order valence-corrected chi connectivity index (χ1v) is 14.6. The van der Waals surface area contributed by atoms with E-state index in [9.17, 15) is 13.2 Å². The van der Waals surface area contributed by atoms with Gasteiger partial charge in [-0.3, -0.25) is 5.40 Å². The number of nitrogens with two attached hydrogens (primary N) is 1. The van der Waals surface area contributed by atoms with Crippen molar-refractivity contribution in [3.05, 3.63) is 77.7 Å². The summed E-state index contributed by atoms with van der Waals surface area (Å²) in [6.07, 6.45) is -0.578. The number of ether oxygens (including phenoxy) is 1. The minimum atomic E-state index is -4.76. The Balaban J connectivity index is 1.20. The fourth-order valence-electron chi connectivity index (χ4n) is 5.16. The van der Waals surface area contributed by atoms with Gasteiger partial charge in [0, 0.05) is 48.0 Å². The molecule has 236 valence electrons. The molecule has 2 atom stereocenters. The monoisotopic (exact) mass is 638 g/mol. The lowest BCUT2D eigenvalue weighted by Gasteiger charge is -2.17. The highest BCUT2D eigenvalue weighted by Gasteiger charge is 2.31. The molecule has 0 aliphatic carbocycles. The maximum atomic E-state index is 12.4. The minimum absolute atomic E-state index is 0.148. The smallest absolute Gasteiger partial charge is 0.457 e. The molecule has 3 heterocycles. The number of hydrogen-bond donors (Lipinski definition) is 5. The fraction of sp³-hybridized carbons (Fsp3) is 0.290. The molecule has 0 amide bonds. The molecule has 10 nitrogen and oxygen atoms in total. The molecular formula is C31H33F3N8O2S. The molecule has 45 heavy (non-hydrogen) atoms. The molecule has 2 unspecified atom stereocenters. The first-order chi connectivity index (χ1) is 22.0. The summed E-state index contributed by atoms with van der Waals surface area (Å²) < 4.78 is 54.3. The van der Waals surface area contributed by atoms with Crippen molar-refractivity contribution < 1.29 is 23.7 Å². The van der Waals surface area contributed by atoms with Crippen LogP contribution in [0, 0.1) is 24.2 Å². The lowest BCUT2D eigenvalue weighted by Crippen LogP contribution is -2.24. The number of fused-ring (bicyclic) bond motifs is 1. The molecule has 0 radical (unpaired) electrons. The van der Waals surface area contributed by atoms with Crippen molar-refractivity contribution in [1.29, 1.82) is 5.40 Å². The zero-order valence-corrected chi connectivity index (χ0v) is 25.4. The van der Waals surface area contributed by atoms with Crippen molar-refractivity contribution in [2.45, 2.75) is 20.2 Å². The number of likely N-dealkylation sites (tertiary alicyclic amines) is 1. The number of halogens is 3. The van der Waals surface area contributed by atoms with Crippen LogP contribution in [0.5, 0.6) is 5.75 Å². The Hall–Kier alpha value is -4.69. The van der Waals surface area contributed by atoms with Crippen molar-refractivity contribution in [1.82, 2.24) is 14.9 Å². The number of furan rings is 1. The number of amidine groups is 1. The number of nitrogens with one attached hydrogen (secondary N) is 4. The van der Waals surface area contributed by atoms with Gasteiger partial charge in [0.1, 0.15) is 28.7 Å². The number of thiocarbonyl (C=S) groups is 1. The molecule has 0 spiro atoms. The zero-order chi connectivity index (χ0) is 32.8. The number of alkyl halides is 3. The Morgan fingerprint density at radius 1 is 1.18 bits per heavy atom. The second kappa shape index (κ2) is 13.5. The molecule has 1 fully saturated rings. The number of aryl methyl sites for hydroxylation is 1. The highest BCUT2D eigenvalue weighted by molar-refractivity contribution is 7.80. The molecule has 1 aliphatic rings. The van der Waals surface area contributed by atoms with Crippen molar-refractivity contribution in [3.8, 4) is 5.75 Å². The van der Waals surface area contributed by atoms with Crippen LogP contribution in [0.15, 0.2) is 65.1 Å². The van der Waals surface area contributed by atoms with Crippen LogP contribution in [0.4, 0.5) is 30.6 Å². The van der Waals surface area contributed by atoms with Gasteiger partial charge in [-0.15, -0.1) is 13.2 Å². The number of rotatable bonds is 10. The maximum absolute atomic E-state index is 12.4. The predicted molar refractivity (Wildman–Crippen MR) is 174 cm³/mol. The molecule has 2 aromatic carbocycles. The zero-order valence-electron chi connectivity index (χ0n) is 25.6. The van der Waals surface area contributed by atoms with E-state index in [4.69, 9.17) is 23.8 Å². The third-order valence-corrected chi connectivity index (χ3v) is 7.53. The molecule has 0 saturated carbocycles. The molecule has 4 aromatic rings. The summed E-state index contributed by atoms with van der Waals surface area (Å²) in [5.41, 5.74) is 8.37. The second-order valence-electron chi connectivity index (χ2n) is 10.7. The largest absolute Gasteiger partial charge is 0.573 e. The third kappa shape index (κ3) is 8.70. The number of nitrogens with zero attached hydrogens (tertiary/aromatic N) is 3. The quantitative estimate of drug-likeness (QED) is 0.0774. The summed E-state index contributed by atoms with van der Waals surface area (Å²) in [5.74, 6) is 2.03. The van der Waals surface area contributed by atoms with Crippen molar-refractivity contribution in [3.63, 3.8) is 0 Å². The Morgan fingerprint density at radius 3 is 2.71 bits per heavy atom. The van der Waals surface area contributed by atoms with E-state index in [1.165, 1.54) is 24.3 Å². The van der Waals surface area contributed by atoms with E-state index in [2.05, 4.69) is 54.0 Å². The van der Waals surface area contributed by atoms with E-state index in [0.29, 0.717) is 29.5 Å². The summed E-state index contributed by atoms with van der Waals surface area (Å²) in [4.78, 5) is 11.4. The summed E-state index contributed by atoms with van der Waals surface area (Å²) >= 11 is 5.36. The van der Waals surface area contributed by atoms with Crippen molar-refractivity contribution >= 4 is 57.7 Å². The highest BCUT2D eigenvalue weighted by atomic mass is 32.1. The summed E-state index contributed by atoms with van der Waals surface area (Å²) in [6, 6.07) is 14.5. The lowest BCUT2D eigenvalue weighted by molar-refractivity contribution is -0.274. The van der Waals surface area contributed by atoms with Gasteiger partial charge in [0.05, 0.1) is 0 Å². The van der Waals surface area contributed by atoms with Crippen molar-refractivity contribution in [2.75, 3.05) is 42.1 Å². The molecule has 6 N–H and O–H groups in total. The van der Waals surface area contributed by atoms with E-state index in [-0.39, 0.29) is 28.6 Å². The normalized spacial score (nSPS) is 17.9. The van der Waals surface area contributed by atoms with Crippen LogP contribution >= 0.6 is 12.2 Å². The molecule has 0 bridgehead atoms. The van der Waals surface area contributed by atoms with Gasteiger partial charge in [-0.25, -0.2) is 4.98 Å². The van der Waals surface area contributed by atoms with Crippen LogP contribution < -0.4 is 26.4 Å². The topological polar surface area (TPSA) is 137 Å². The fourth-order valence-corrected chi connectivity index (χ4v) is 5.37. The molecule has 1 saturated heterocycles. The molecule has 5 rings (SSSR count). The lowest BCUT2D eigenvalue weighted by atomic mass is 9.95. The van der Waals surface area contributed by atoms with Gasteiger partial charge in [-0.1, -0.05) is 13.0 Å². The van der Waals surface area contributed by atoms with Gasteiger partial charge in [0.15, 0.2) is 6.52 Å². The molecule has 2 aromatic heterocycles. The Kier molecular flexibility index (Phi) is 9.12. The summed E-state index contributed by atoms with van der Waals surface area (Å²) in [5, 5.41) is 13.7. The van der Waals surface area contributed by atoms with E-state index < -0.39 is 6.36 Å². The number of anilines is 3. The van der Waals surface area contributed by atoms with Gasteiger partial charge in [-0.05, 0) is 92.1 Å². The molecule has 14 heteroatoms. The SMILES string of the molecule is [H]/N=C(/N)c1ccc2oc(C=CC3CN(CC)CC3CNc3cc(C)nc(NC(=S)Nc4ccc(OC(F)(F)F)cc4)n3)cc2c1. The first-order valence-electron chi connectivity index (χ1n) is 14.7. The van der Waals surface area contributed by atoms with Gasteiger partial charge < -0.3 is 35.7 Å². The van der Waals surface area contributed by atoms with Crippen LogP contribution in [0.1, 0.15) is 23.9 Å². The number of hydrogen-bond acceptors (Lipinski definition) is 8. The minimum Gasteiger partial charge on any atom is -0.457 e. The van der Waals surface area contributed by atoms with E-state index in [1.54, 1.807) is 6.07 Å². The van der Waals surface area contributed by atoms with Gasteiger partial charge in [0.2, 0.25) is 5.95 Å². The molecular weight excluding hydrogens is 605 g/mol. The van der Waals surface area contributed by atoms with Crippen LogP contribution in [-0.2, 0) is 0 Å². The number of nitrogen functional groups attached to an aromatic ring is 1. The summed E-state index contributed by atoms with van der Waals surface area (Å²) in [7, 11) is 0. The highest BCUT2D eigenvalue weighted by Crippen LogP contribution is 2.28. The predicted octanol–water partition coefficient (Wildman–Crippen LogP) is 6.22. The first kappa shape index (κ1) is 30.3. The van der Waals surface area contributed by atoms with E-state index in [1.807, 2.05) is 37.3 Å². The van der Waals surface area contributed by atoms with Gasteiger partial charge in [-0.2, -0.15) is 4.98 Å². The van der Waals surface area contributed by atoms with Crippen LogP contribution in [0.25, 0.3) is 17.0 Å². The van der Waals surface area contributed by atoms with E-state index in [0.717, 1.165) is 42.1 Å².